The standard InChI is InChI=1S/C22H26N4O2S/c1-15-3-4-16(2)19(13-15)26-21(27)6-5-18(24-26)22(28)23-9-11-25-10-7-20-17(14-25)8-12-29-20/h3-4,8,12-13H,5-7,9-11,14H2,1-2H3,(H,23,28). The predicted molar refractivity (Wildman–Crippen MR) is 116 cm³/mol. The number of anilines is 1. The molecule has 0 radical (unpaired) electrons. The Kier molecular flexibility index (Phi) is 5.78. The first-order valence-electron chi connectivity index (χ1n) is 10.0. The average molecular weight is 411 g/mol. The third kappa shape index (κ3) is 4.41. The van der Waals surface area contributed by atoms with Gasteiger partial charge in [0.2, 0.25) is 5.91 Å². The topological polar surface area (TPSA) is 65.0 Å². The first-order chi connectivity index (χ1) is 14.0. The molecule has 0 atom stereocenters. The highest BCUT2D eigenvalue weighted by molar-refractivity contribution is 7.10. The number of fused-ring (bicyclic) bond motifs is 1. The maximum atomic E-state index is 12.6. The number of amides is 2. The van der Waals surface area contributed by atoms with Gasteiger partial charge in [0.15, 0.2) is 0 Å². The number of carbonyl (C=O) groups is 2. The van der Waals surface area contributed by atoms with Crippen molar-refractivity contribution in [3.63, 3.8) is 0 Å². The maximum Gasteiger partial charge on any atom is 0.267 e. The zero-order chi connectivity index (χ0) is 20.4. The van der Waals surface area contributed by atoms with Crippen LogP contribution < -0.4 is 10.3 Å². The summed E-state index contributed by atoms with van der Waals surface area (Å²) in [7, 11) is 0. The van der Waals surface area contributed by atoms with Crippen molar-refractivity contribution in [3.05, 3.63) is 51.2 Å². The molecule has 1 aromatic carbocycles. The van der Waals surface area contributed by atoms with Crippen LogP contribution in [0.2, 0.25) is 0 Å². The fourth-order valence-electron chi connectivity index (χ4n) is 3.78. The van der Waals surface area contributed by atoms with E-state index in [4.69, 9.17) is 0 Å². The summed E-state index contributed by atoms with van der Waals surface area (Å²) in [5, 5.41) is 10.9. The number of nitrogens with zero attached hydrogens (tertiary/aromatic N) is 3. The van der Waals surface area contributed by atoms with Gasteiger partial charge in [-0.05, 0) is 54.5 Å². The van der Waals surface area contributed by atoms with Crippen LogP contribution in [0.15, 0.2) is 34.7 Å². The van der Waals surface area contributed by atoms with Crippen LogP contribution in [0.25, 0.3) is 0 Å². The Balaban J connectivity index is 1.37. The second-order valence-electron chi connectivity index (χ2n) is 7.69. The van der Waals surface area contributed by atoms with Crippen LogP contribution in [-0.4, -0.2) is 42.1 Å². The number of nitrogens with one attached hydrogen (secondary N) is 1. The van der Waals surface area contributed by atoms with Crippen molar-refractivity contribution in [3.8, 4) is 0 Å². The quantitative estimate of drug-likeness (QED) is 0.824. The number of benzene rings is 1. The summed E-state index contributed by atoms with van der Waals surface area (Å²) in [5.74, 6) is -0.254. The van der Waals surface area contributed by atoms with E-state index in [9.17, 15) is 9.59 Å². The average Bonchev–Trinajstić information content (AvgIpc) is 3.18. The molecule has 0 unspecified atom stereocenters. The van der Waals surface area contributed by atoms with E-state index < -0.39 is 0 Å². The molecule has 3 heterocycles. The Labute approximate surface area is 175 Å². The maximum absolute atomic E-state index is 12.6. The molecule has 2 aliphatic rings. The second-order valence-corrected chi connectivity index (χ2v) is 8.69. The lowest BCUT2D eigenvalue weighted by Gasteiger charge is -2.27. The van der Waals surface area contributed by atoms with Gasteiger partial charge >= 0.3 is 0 Å². The van der Waals surface area contributed by atoms with Gasteiger partial charge in [0.25, 0.3) is 5.91 Å². The minimum atomic E-state index is -0.180. The molecule has 0 saturated heterocycles. The molecule has 4 rings (SSSR count). The van der Waals surface area contributed by atoms with Crippen LogP contribution in [-0.2, 0) is 22.6 Å². The van der Waals surface area contributed by atoms with Gasteiger partial charge in [0.1, 0.15) is 5.71 Å². The molecule has 7 heteroatoms. The molecule has 1 aromatic heterocycles. The van der Waals surface area contributed by atoms with Crippen molar-refractivity contribution in [2.24, 2.45) is 5.10 Å². The molecule has 2 aromatic rings. The minimum Gasteiger partial charge on any atom is -0.350 e. The van der Waals surface area contributed by atoms with Crippen LogP contribution >= 0.6 is 11.3 Å². The van der Waals surface area contributed by atoms with Crippen LogP contribution in [0.3, 0.4) is 0 Å². The van der Waals surface area contributed by atoms with Gasteiger partial charge in [-0.25, -0.2) is 5.01 Å². The van der Waals surface area contributed by atoms with Crippen molar-refractivity contribution in [1.82, 2.24) is 10.2 Å². The van der Waals surface area contributed by atoms with E-state index in [1.165, 1.54) is 15.4 Å². The number of aryl methyl sites for hydroxylation is 2. The summed E-state index contributed by atoms with van der Waals surface area (Å²) < 4.78 is 0. The fourth-order valence-corrected chi connectivity index (χ4v) is 4.67. The smallest absolute Gasteiger partial charge is 0.267 e. The summed E-state index contributed by atoms with van der Waals surface area (Å²) in [6.07, 6.45) is 1.77. The summed E-state index contributed by atoms with van der Waals surface area (Å²) in [6.45, 7) is 7.30. The van der Waals surface area contributed by atoms with Gasteiger partial charge < -0.3 is 5.32 Å². The van der Waals surface area contributed by atoms with Crippen LogP contribution in [0.1, 0.15) is 34.4 Å². The lowest BCUT2D eigenvalue weighted by atomic mass is 10.1. The van der Waals surface area contributed by atoms with Crippen LogP contribution in [0, 0.1) is 13.8 Å². The molecular formula is C22H26N4O2S. The molecule has 0 spiro atoms. The Morgan fingerprint density at radius 2 is 2.07 bits per heavy atom. The molecule has 0 fully saturated rings. The normalized spacial score (nSPS) is 17.1. The van der Waals surface area contributed by atoms with Gasteiger partial charge in [0.05, 0.1) is 5.69 Å². The van der Waals surface area contributed by atoms with Crippen molar-refractivity contribution in [2.45, 2.75) is 39.7 Å². The van der Waals surface area contributed by atoms with E-state index in [2.05, 4.69) is 26.8 Å². The van der Waals surface area contributed by atoms with Crippen LogP contribution in [0.4, 0.5) is 5.69 Å². The second kappa shape index (κ2) is 8.47. The van der Waals surface area contributed by atoms with Gasteiger partial charge in [-0.1, -0.05) is 12.1 Å². The molecule has 29 heavy (non-hydrogen) atoms. The van der Waals surface area contributed by atoms with E-state index in [-0.39, 0.29) is 11.8 Å². The zero-order valence-corrected chi connectivity index (χ0v) is 17.7. The number of thiophene rings is 1. The highest BCUT2D eigenvalue weighted by Crippen LogP contribution is 2.26. The molecule has 0 bridgehead atoms. The number of hydrogen-bond donors (Lipinski definition) is 1. The molecule has 1 N–H and O–H groups in total. The minimum absolute atomic E-state index is 0.0740. The van der Waals surface area contributed by atoms with E-state index in [0.717, 1.165) is 42.9 Å². The Morgan fingerprint density at radius 1 is 1.21 bits per heavy atom. The summed E-state index contributed by atoms with van der Waals surface area (Å²) in [4.78, 5) is 28.9. The van der Waals surface area contributed by atoms with Crippen molar-refractivity contribution in [2.75, 3.05) is 24.6 Å². The van der Waals surface area contributed by atoms with E-state index in [0.29, 0.717) is 25.1 Å². The first kappa shape index (κ1) is 19.8. The van der Waals surface area contributed by atoms with Crippen molar-refractivity contribution in [1.29, 1.82) is 0 Å². The number of rotatable bonds is 5. The Morgan fingerprint density at radius 3 is 2.93 bits per heavy atom. The molecule has 0 saturated carbocycles. The molecule has 2 amide bonds. The van der Waals surface area contributed by atoms with E-state index >= 15 is 0 Å². The first-order valence-corrected chi connectivity index (χ1v) is 10.9. The largest absolute Gasteiger partial charge is 0.350 e. The van der Waals surface area contributed by atoms with Gasteiger partial charge in [-0.2, -0.15) is 5.10 Å². The molecule has 152 valence electrons. The third-order valence-electron chi connectivity index (χ3n) is 5.49. The van der Waals surface area contributed by atoms with Gasteiger partial charge in [0, 0.05) is 43.9 Å². The van der Waals surface area contributed by atoms with E-state index in [1.807, 2.05) is 43.4 Å². The summed E-state index contributed by atoms with van der Waals surface area (Å²) >= 11 is 1.83. The SMILES string of the molecule is Cc1ccc(C)c(N2N=C(C(=O)NCCN3CCc4sccc4C3)CCC2=O)c1. The predicted octanol–water partition coefficient (Wildman–Crippen LogP) is 3.02. The van der Waals surface area contributed by atoms with Gasteiger partial charge in [-0.15, -0.1) is 11.3 Å². The van der Waals surface area contributed by atoms with Gasteiger partial charge in [-0.3, -0.25) is 14.5 Å². The molecule has 0 aliphatic carbocycles. The number of hydrogen-bond acceptors (Lipinski definition) is 5. The van der Waals surface area contributed by atoms with Crippen LogP contribution in [0.5, 0.6) is 0 Å². The zero-order valence-electron chi connectivity index (χ0n) is 16.9. The lowest BCUT2D eigenvalue weighted by Crippen LogP contribution is -2.42. The van der Waals surface area contributed by atoms with Crippen molar-refractivity contribution >= 4 is 34.6 Å². The van der Waals surface area contributed by atoms with E-state index in [1.54, 1.807) is 0 Å². The Hall–Kier alpha value is -2.51. The third-order valence-corrected chi connectivity index (χ3v) is 6.51. The summed E-state index contributed by atoms with van der Waals surface area (Å²) in [5.41, 5.74) is 4.60. The monoisotopic (exact) mass is 410 g/mol. The lowest BCUT2D eigenvalue weighted by molar-refractivity contribution is -0.119. The highest BCUT2D eigenvalue weighted by Gasteiger charge is 2.26. The number of hydrazone groups is 1. The fraction of sp³-hybridized carbons (Fsp3) is 0.409. The Bertz CT molecular complexity index is 965. The molecule has 6 nitrogen and oxygen atoms in total. The highest BCUT2D eigenvalue weighted by atomic mass is 32.1. The molecular weight excluding hydrogens is 384 g/mol. The molecule has 2 aliphatic heterocycles. The summed E-state index contributed by atoms with van der Waals surface area (Å²) in [6, 6.07) is 8.11. The number of carbonyl (C=O) groups excluding carboxylic acids is 2. The van der Waals surface area contributed by atoms with Crippen molar-refractivity contribution < 1.29 is 9.59 Å².